The molecular weight excluding hydrogens is 240 g/mol. The van der Waals surface area contributed by atoms with Gasteiger partial charge in [-0.15, -0.1) is 0 Å². The van der Waals surface area contributed by atoms with Gasteiger partial charge in [0.25, 0.3) is 0 Å². The van der Waals surface area contributed by atoms with Crippen LogP contribution in [-0.2, 0) is 4.79 Å². The van der Waals surface area contributed by atoms with E-state index in [1.54, 1.807) is 11.8 Å². The van der Waals surface area contributed by atoms with Gasteiger partial charge < -0.3 is 15.3 Å². The zero-order chi connectivity index (χ0) is 12.8. The van der Waals surface area contributed by atoms with E-state index in [0.29, 0.717) is 13.0 Å². The Morgan fingerprint density at radius 3 is 2.88 bits per heavy atom. The molecule has 0 aliphatic carbocycles. The highest BCUT2D eigenvalue weighted by Crippen LogP contribution is 2.17. The minimum Gasteiger partial charge on any atom is -0.480 e. The maximum absolute atomic E-state index is 11.9. The van der Waals surface area contributed by atoms with Gasteiger partial charge in [0.2, 0.25) is 0 Å². The van der Waals surface area contributed by atoms with Gasteiger partial charge in [-0.2, -0.15) is 11.8 Å². The molecule has 6 heteroatoms. The predicted octanol–water partition coefficient (Wildman–Crippen LogP) is 1.39. The lowest BCUT2D eigenvalue weighted by Gasteiger charge is -2.24. The molecule has 5 nitrogen and oxygen atoms in total. The molecule has 0 bridgehead atoms. The Bertz CT molecular complexity index is 286. The Labute approximate surface area is 106 Å². The van der Waals surface area contributed by atoms with Crippen molar-refractivity contribution in [1.29, 1.82) is 0 Å². The normalized spacial score (nSPS) is 21.3. The van der Waals surface area contributed by atoms with E-state index >= 15 is 0 Å². The summed E-state index contributed by atoms with van der Waals surface area (Å²) in [5.41, 5.74) is 0. The number of thioether (sulfide) groups is 1. The molecule has 17 heavy (non-hydrogen) atoms. The van der Waals surface area contributed by atoms with E-state index < -0.39 is 12.0 Å². The first-order valence-electron chi connectivity index (χ1n) is 5.85. The van der Waals surface area contributed by atoms with Gasteiger partial charge in [-0.1, -0.05) is 0 Å². The summed E-state index contributed by atoms with van der Waals surface area (Å²) in [5, 5.41) is 11.8. The first-order chi connectivity index (χ1) is 8.06. The Morgan fingerprint density at radius 2 is 2.29 bits per heavy atom. The van der Waals surface area contributed by atoms with Crippen molar-refractivity contribution < 1.29 is 14.7 Å². The quantitative estimate of drug-likeness (QED) is 0.783. The first kappa shape index (κ1) is 14.2. The van der Waals surface area contributed by atoms with E-state index in [-0.39, 0.29) is 12.1 Å². The van der Waals surface area contributed by atoms with E-state index in [1.807, 2.05) is 13.2 Å². The van der Waals surface area contributed by atoms with Crippen LogP contribution in [0.5, 0.6) is 0 Å². The third-order valence-electron chi connectivity index (χ3n) is 2.92. The highest BCUT2D eigenvalue weighted by molar-refractivity contribution is 7.98. The third kappa shape index (κ3) is 4.11. The Morgan fingerprint density at radius 1 is 1.59 bits per heavy atom. The number of carboxylic acids is 1. The smallest absolute Gasteiger partial charge is 0.326 e. The Hall–Kier alpha value is -0.910. The maximum Gasteiger partial charge on any atom is 0.326 e. The Kier molecular flexibility index (Phi) is 5.61. The van der Waals surface area contributed by atoms with Gasteiger partial charge in [-0.05, 0) is 38.2 Å². The topological polar surface area (TPSA) is 69.6 Å². The number of rotatable bonds is 5. The van der Waals surface area contributed by atoms with Crippen molar-refractivity contribution in [3.05, 3.63) is 0 Å². The summed E-state index contributed by atoms with van der Waals surface area (Å²) in [4.78, 5) is 24.3. The minimum absolute atomic E-state index is 0.0880. The largest absolute Gasteiger partial charge is 0.480 e. The molecule has 1 saturated heterocycles. The lowest BCUT2D eigenvalue weighted by Crippen LogP contribution is -2.48. The molecule has 1 aliphatic rings. The van der Waals surface area contributed by atoms with Crippen LogP contribution in [0, 0.1) is 0 Å². The number of nitrogens with zero attached hydrogens (tertiary/aromatic N) is 1. The minimum atomic E-state index is -0.908. The van der Waals surface area contributed by atoms with Crippen LogP contribution in [0.25, 0.3) is 0 Å². The van der Waals surface area contributed by atoms with E-state index in [0.717, 1.165) is 18.6 Å². The third-order valence-corrected chi connectivity index (χ3v) is 3.57. The van der Waals surface area contributed by atoms with E-state index in [2.05, 4.69) is 5.32 Å². The molecule has 0 aromatic rings. The lowest BCUT2D eigenvalue weighted by atomic mass is 10.2. The van der Waals surface area contributed by atoms with Crippen LogP contribution in [0.15, 0.2) is 0 Å². The van der Waals surface area contributed by atoms with Crippen LogP contribution < -0.4 is 5.32 Å². The van der Waals surface area contributed by atoms with Gasteiger partial charge >= 0.3 is 12.0 Å². The molecule has 2 N–H and O–H groups in total. The van der Waals surface area contributed by atoms with E-state index in [9.17, 15) is 9.59 Å². The molecule has 0 aromatic heterocycles. The summed E-state index contributed by atoms with van der Waals surface area (Å²) in [5.74, 6) is 0.0819. The van der Waals surface area contributed by atoms with E-state index in [4.69, 9.17) is 5.11 Å². The van der Waals surface area contributed by atoms with Gasteiger partial charge in [0.15, 0.2) is 0 Å². The highest BCUT2D eigenvalue weighted by Gasteiger charge is 2.34. The molecule has 0 radical (unpaired) electrons. The van der Waals surface area contributed by atoms with Gasteiger partial charge in [0, 0.05) is 12.6 Å². The Balaban J connectivity index is 2.43. The number of urea groups is 1. The molecule has 1 fully saturated rings. The van der Waals surface area contributed by atoms with Crippen LogP contribution in [0.2, 0.25) is 0 Å². The van der Waals surface area contributed by atoms with Gasteiger partial charge in [0.05, 0.1) is 0 Å². The molecule has 0 spiro atoms. The van der Waals surface area contributed by atoms with Crippen LogP contribution in [0.4, 0.5) is 4.79 Å². The van der Waals surface area contributed by atoms with E-state index in [1.165, 1.54) is 4.90 Å². The molecule has 1 unspecified atom stereocenters. The molecule has 0 saturated carbocycles. The van der Waals surface area contributed by atoms with Crippen molar-refractivity contribution in [2.45, 2.75) is 38.3 Å². The van der Waals surface area contributed by atoms with Crippen molar-refractivity contribution in [1.82, 2.24) is 10.2 Å². The molecule has 0 aromatic carbocycles. The van der Waals surface area contributed by atoms with Crippen LogP contribution in [-0.4, -0.2) is 52.6 Å². The number of amides is 2. The highest BCUT2D eigenvalue weighted by atomic mass is 32.2. The zero-order valence-corrected chi connectivity index (χ0v) is 11.1. The average molecular weight is 260 g/mol. The summed E-state index contributed by atoms with van der Waals surface area (Å²) in [7, 11) is 0. The van der Waals surface area contributed by atoms with Gasteiger partial charge in [-0.3, -0.25) is 0 Å². The first-order valence-corrected chi connectivity index (χ1v) is 7.24. The second-order valence-corrected chi connectivity index (χ2v) is 5.31. The SMILES string of the molecule is CSCCC(C)NC(=O)N1CCC[C@H]1C(=O)O. The summed E-state index contributed by atoms with van der Waals surface area (Å²) in [6, 6.07) is -0.809. The van der Waals surface area contributed by atoms with Crippen molar-refractivity contribution in [2.24, 2.45) is 0 Å². The van der Waals surface area contributed by atoms with Gasteiger partial charge in [0.1, 0.15) is 6.04 Å². The fourth-order valence-electron chi connectivity index (χ4n) is 1.93. The zero-order valence-electron chi connectivity index (χ0n) is 10.3. The lowest BCUT2D eigenvalue weighted by molar-refractivity contribution is -0.141. The summed E-state index contributed by atoms with van der Waals surface area (Å²) in [6.07, 6.45) is 4.25. The molecule has 2 amide bonds. The standard InChI is InChI=1S/C11H20N2O3S/c1-8(5-7-17-2)12-11(16)13-6-3-4-9(13)10(14)15/h8-9H,3-7H2,1-2H3,(H,12,16)(H,14,15)/t8?,9-/m0/s1. The number of aliphatic carboxylic acids is 1. The summed E-state index contributed by atoms with van der Waals surface area (Å²) < 4.78 is 0. The molecule has 2 atom stereocenters. The summed E-state index contributed by atoms with van der Waals surface area (Å²) in [6.45, 7) is 2.48. The molecule has 1 heterocycles. The molecular formula is C11H20N2O3S. The number of nitrogens with one attached hydrogen (secondary N) is 1. The monoisotopic (exact) mass is 260 g/mol. The average Bonchev–Trinajstić information content (AvgIpc) is 2.75. The number of carboxylic acid groups (broad SMARTS) is 1. The number of likely N-dealkylation sites (tertiary alicyclic amines) is 1. The number of hydrogen-bond acceptors (Lipinski definition) is 3. The number of carbonyl (C=O) groups excluding carboxylic acids is 1. The van der Waals surface area contributed by atoms with Crippen molar-refractivity contribution in [3.8, 4) is 0 Å². The predicted molar refractivity (Wildman–Crippen MR) is 68.4 cm³/mol. The van der Waals surface area contributed by atoms with Crippen molar-refractivity contribution in [3.63, 3.8) is 0 Å². The molecule has 1 aliphatic heterocycles. The number of carbonyl (C=O) groups is 2. The summed E-state index contributed by atoms with van der Waals surface area (Å²) >= 11 is 1.74. The van der Waals surface area contributed by atoms with Crippen LogP contribution >= 0.6 is 11.8 Å². The fourth-order valence-corrected chi connectivity index (χ4v) is 2.52. The fraction of sp³-hybridized carbons (Fsp3) is 0.818. The van der Waals surface area contributed by atoms with Crippen molar-refractivity contribution >= 4 is 23.8 Å². The molecule has 1 rings (SSSR count). The van der Waals surface area contributed by atoms with Crippen LogP contribution in [0.3, 0.4) is 0 Å². The second-order valence-electron chi connectivity index (χ2n) is 4.32. The second kappa shape index (κ2) is 6.74. The molecule has 98 valence electrons. The van der Waals surface area contributed by atoms with Crippen LogP contribution in [0.1, 0.15) is 26.2 Å². The van der Waals surface area contributed by atoms with Gasteiger partial charge in [-0.25, -0.2) is 9.59 Å². The maximum atomic E-state index is 11.9. The van der Waals surface area contributed by atoms with Crippen molar-refractivity contribution in [2.75, 3.05) is 18.6 Å². The number of hydrogen-bond donors (Lipinski definition) is 2.